The van der Waals surface area contributed by atoms with E-state index in [0.29, 0.717) is 25.6 Å². The van der Waals surface area contributed by atoms with Crippen molar-refractivity contribution in [2.45, 2.75) is 24.8 Å². The highest BCUT2D eigenvalue weighted by Gasteiger charge is 2.30. The van der Waals surface area contributed by atoms with E-state index < -0.39 is 20.0 Å². The van der Waals surface area contributed by atoms with Crippen LogP contribution < -0.4 is 9.46 Å². The Bertz CT molecular complexity index is 762. The molecule has 0 bridgehead atoms. The van der Waals surface area contributed by atoms with Gasteiger partial charge in [0.15, 0.2) is 0 Å². The SMILES string of the molecule is CCOc1ccc(S(=O)(=O)NCCS(=O)(=O)N2CCOCC2C)cc1. The predicted molar refractivity (Wildman–Crippen MR) is 93.6 cm³/mol. The van der Waals surface area contributed by atoms with Gasteiger partial charge in [-0.05, 0) is 38.1 Å². The first kappa shape index (κ1) is 20.1. The Balaban J connectivity index is 1.95. The number of benzene rings is 1. The molecule has 1 saturated heterocycles. The van der Waals surface area contributed by atoms with E-state index in [2.05, 4.69) is 4.72 Å². The first-order valence-corrected chi connectivity index (χ1v) is 11.2. The third-order valence-electron chi connectivity index (χ3n) is 3.76. The van der Waals surface area contributed by atoms with Crippen molar-refractivity contribution in [2.75, 3.05) is 38.7 Å². The fourth-order valence-electron chi connectivity index (χ4n) is 2.51. The maximum Gasteiger partial charge on any atom is 0.240 e. The van der Waals surface area contributed by atoms with Crippen LogP contribution in [0.4, 0.5) is 0 Å². The minimum atomic E-state index is -3.77. The highest BCUT2D eigenvalue weighted by molar-refractivity contribution is 7.90. The summed E-state index contributed by atoms with van der Waals surface area (Å²) in [7, 11) is -7.32. The molecule has 8 nitrogen and oxygen atoms in total. The Morgan fingerprint density at radius 1 is 1.24 bits per heavy atom. The summed E-state index contributed by atoms with van der Waals surface area (Å²) < 4.78 is 63.4. The predicted octanol–water partition coefficient (Wildman–Crippen LogP) is 0.414. The zero-order chi connectivity index (χ0) is 18.5. The molecule has 0 amide bonds. The highest BCUT2D eigenvalue weighted by Crippen LogP contribution is 2.16. The quantitative estimate of drug-likeness (QED) is 0.688. The van der Waals surface area contributed by atoms with Crippen molar-refractivity contribution in [2.24, 2.45) is 0 Å². The number of nitrogens with zero attached hydrogens (tertiary/aromatic N) is 1. The van der Waals surface area contributed by atoms with Crippen molar-refractivity contribution in [3.63, 3.8) is 0 Å². The topological polar surface area (TPSA) is 102 Å². The van der Waals surface area contributed by atoms with Gasteiger partial charge in [-0.3, -0.25) is 0 Å². The van der Waals surface area contributed by atoms with Gasteiger partial charge in [0.1, 0.15) is 5.75 Å². The van der Waals surface area contributed by atoms with Crippen LogP contribution in [0.1, 0.15) is 13.8 Å². The zero-order valence-electron chi connectivity index (χ0n) is 14.3. The van der Waals surface area contributed by atoms with Gasteiger partial charge in [-0.1, -0.05) is 0 Å². The van der Waals surface area contributed by atoms with E-state index >= 15 is 0 Å². The molecule has 0 spiro atoms. The molecule has 2 rings (SSSR count). The Morgan fingerprint density at radius 3 is 2.52 bits per heavy atom. The van der Waals surface area contributed by atoms with Gasteiger partial charge in [0, 0.05) is 19.1 Å². The summed E-state index contributed by atoms with van der Waals surface area (Å²) in [5, 5.41) is 0. The highest BCUT2D eigenvalue weighted by atomic mass is 32.2. The van der Waals surface area contributed by atoms with E-state index in [1.54, 1.807) is 19.1 Å². The van der Waals surface area contributed by atoms with Gasteiger partial charge in [-0.15, -0.1) is 0 Å². The molecule has 1 fully saturated rings. The number of sulfonamides is 2. The Kier molecular flexibility index (Phi) is 6.80. The standard InChI is InChI=1S/C15H24N2O6S2/c1-3-23-14-4-6-15(7-5-14)25(20,21)16-8-11-24(18,19)17-9-10-22-12-13(17)2/h4-7,13,16H,3,8-12H2,1-2H3. The molecule has 1 heterocycles. The van der Waals surface area contributed by atoms with E-state index in [9.17, 15) is 16.8 Å². The average molecular weight is 392 g/mol. The van der Waals surface area contributed by atoms with E-state index in [1.165, 1.54) is 16.4 Å². The Hall–Kier alpha value is -1.20. The fourth-order valence-corrected chi connectivity index (χ4v) is 5.23. The Labute approximate surface area is 149 Å². The normalized spacial score (nSPS) is 19.7. The molecule has 1 unspecified atom stereocenters. The van der Waals surface area contributed by atoms with Gasteiger partial charge in [-0.2, -0.15) is 4.31 Å². The smallest absolute Gasteiger partial charge is 0.240 e. The summed E-state index contributed by atoms with van der Waals surface area (Å²) in [5.41, 5.74) is 0. The first-order chi connectivity index (χ1) is 11.8. The second kappa shape index (κ2) is 8.45. The molecular formula is C15H24N2O6S2. The molecular weight excluding hydrogens is 368 g/mol. The largest absolute Gasteiger partial charge is 0.494 e. The number of rotatable bonds is 8. The summed E-state index contributed by atoms with van der Waals surface area (Å²) in [5.74, 6) is 0.276. The zero-order valence-corrected chi connectivity index (χ0v) is 16.0. The Morgan fingerprint density at radius 2 is 1.92 bits per heavy atom. The van der Waals surface area contributed by atoms with Crippen LogP contribution in [0.2, 0.25) is 0 Å². The molecule has 0 saturated carbocycles. The molecule has 25 heavy (non-hydrogen) atoms. The van der Waals surface area contributed by atoms with Crippen molar-refractivity contribution in [1.29, 1.82) is 0 Å². The molecule has 1 N–H and O–H groups in total. The van der Waals surface area contributed by atoms with Crippen LogP contribution in [0.25, 0.3) is 0 Å². The van der Waals surface area contributed by atoms with Crippen molar-refractivity contribution >= 4 is 20.0 Å². The summed E-state index contributed by atoms with van der Waals surface area (Å²) in [6.07, 6.45) is 0. The van der Waals surface area contributed by atoms with Crippen LogP contribution in [0, 0.1) is 0 Å². The lowest BCUT2D eigenvalue weighted by molar-refractivity contribution is 0.0393. The van der Waals surface area contributed by atoms with Crippen molar-refractivity contribution < 1.29 is 26.3 Å². The van der Waals surface area contributed by atoms with E-state index in [-0.39, 0.29) is 29.8 Å². The second-order valence-corrected chi connectivity index (χ2v) is 9.46. The summed E-state index contributed by atoms with van der Waals surface area (Å²) in [4.78, 5) is 0.0630. The van der Waals surface area contributed by atoms with Gasteiger partial charge < -0.3 is 9.47 Å². The third kappa shape index (κ3) is 5.38. The number of ether oxygens (including phenoxy) is 2. The molecule has 0 aromatic heterocycles. The number of morpholine rings is 1. The van der Waals surface area contributed by atoms with Gasteiger partial charge in [-0.25, -0.2) is 21.6 Å². The van der Waals surface area contributed by atoms with Crippen LogP contribution in [0.3, 0.4) is 0 Å². The van der Waals surface area contributed by atoms with Crippen molar-refractivity contribution in [3.8, 4) is 5.75 Å². The van der Waals surface area contributed by atoms with Gasteiger partial charge in [0.25, 0.3) is 0 Å². The van der Waals surface area contributed by atoms with Gasteiger partial charge in [0.2, 0.25) is 20.0 Å². The number of hydrogen-bond acceptors (Lipinski definition) is 6. The van der Waals surface area contributed by atoms with Crippen LogP contribution in [0.5, 0.6) is 5.75 Å². The lowest BCUT2D eigenvalue weighted by Crippen LogP contribution is -2.49. The maximum atomic E-state index is 12.4. The average Bonchev–Trinajstić information content (AvgIpc) is 2.55. The van der Waals surface area contributed by atoms with Crippen molar-refractivity contribution in [1.82, 2.24) is 9.03 Å². The molecule has 1 aliphatic heterocycles. The molecule has 10 heteroatoms. The molecule has 1 atom stereocenters. The fraction of sp³-hybridized carbons (Fsp3) is 0.600. The minimum Gasteiger partial charge on any atom is -0.494 e. The lowest BCUT2D eigenvalue weighted by Gasteiger charge is -2.32. The lowest BCUT2D eigenvalue weighted by atomic mass is 10.3. The molecule has 1 aliphatic rings. The molecule has 1 aromatic rings. The van der Waals surface area contributed by atoms with Crippen LogP contribution in [0.15, 0.2) is 29.2 Å². The van der Waals surface area contributed by atoms with Crippen LogP contribution in [-0.4, -0.2) is 65.8 Å². The molecule has 0 aliphatic carbocycles. The summed E-state index contributed by atoms with van der Waals surface area (Å²) >= 11 is 0. The minimum absolute atomic E-state index is 0.0630. The van der Waals surface area contributed by atoms with Gasteiger partial charge >= 0.3 is 0 Å². The number of nitrogens with one attached hydrogen (secondary N) is 1. The van der Waals surface area contributed by atoms with E-state index in [0.717, 1.165) is 0 Å². The first-order valence-electron chi connectivity index (χ1n) is 8.06. The van der Waals surface area contributed by atoms with Crippen LogP contribution >= 0.6 is 0 Å². The number of hydrogen-bond donors (Lipinski definition) is 1. The maximum absolute atomic E-state index is 12.4. The molecule has 0 radical (unpaired) electrons. The third-order valence-corrected chi connectivity index (χ3v) is 7.22. The second-order valence-electron chi connectivity index (χ2n) is 5.65. The van der Waals surface area contributed by atoms with Crippen molar-refractivity contribution in [3.05, 3.63) is 24.3 Å². The van der Waals surface area contributed by atoms with E-state index in [1.807, 2.05) is 6.92 Å². The van der Waals surface area contributed by atoms with Gasteiger partial charge in [0.05, 0.1) is 30.5 Å². The molecule has 142 valence electrons. The van der Waals surface area contributed by atoms with Crippen LogP contribution in [-0.2, 0) is 24.8 Å². The summed E-state index contributed by atoms with van der Waals surface area (Å²) in [6.45, 7) is 4.88. The summed E-state index contributed by atoms with van der Waals surface area (Å²) in [6, 6.07) is 5.72. The van der Waals surface area contributed by atoms with E-state index in [4.69, 9.17) is 9.47 Å². The molecule has 1 aromatic carbocycles. The monoisotopic (exact) mass is 392 g/mol.